The van der Waals surface area contributed by atoms with E-state index in [9.17, 15) is 9.90 Å². The first-order valence-electron chi connectivity index (χ1n) is 3.73. The molecule has 0 saturated heterocycles. The summed E-state index contributed by atoms with van der Waals surface area (Å²) in [6.45, 7) is 1.63. The van der Waals surface area contributed by atoms with Crippen LogP contribution >= 0.6 is 0 Å². The highest BCUT2D eigenvalue weighted by atomic mass is 16.5. The van der Waals surface area contributed by atoms with Crippen molar-refractivity contribution in [2.75, 3.05) is 12.8 Å². The molecular weight excluding hydrogens is 170 g/mol. The topological polar surface area (TPSA) is 72.5 Å². The monoisotopic (exact) mass is 181 g/mol. The minimum absolute atomic E-state index is 0.000370. The van der Waals surface area contributed by atoms with Crippen LogP contribution in [0.2, 0.25) is 0 Å². The van der Waals surface area contributed by atoms with Crippen molar-refractivity contribution in [3.63, 3.8) is 0 Å². The van der Waals surface area contributed by atoms with Crippen molar-refractivity contribution in [2.24, 2.45) is 0 Å². The summed E-state index contributed by atoms with van der Waals surface area (Å²) in [6, 6.07) is 2.86. The number of rotatable bonds is 1. The van der Waals surface area contributed by atoms with Crippen LogP contribution in [0.15, 0.2) is 12.1 Å². The minimum Gasteiger partial charge on any atom is -0.508 e. The number of nitrogens with two attached hydrogens (primary N) is 1. The van der Waals surface area contributed by atoms with E-state index in [4.69, 9.17) is 5.73 Å². The lowest BCUT2D eigenvalue weighted by molar-refractivity contribution is 0.0599. The SMILES string of the molecule is COC(=O)c1cc(N)cc(O)c1C. The standard InChI is InChI=1S/C9H11NO3/c1-5-7(9(12)13-2)3-6(10)4-8(5)11/h3-4,11H,10H2,1-2H3. The molecule has 13 heavy (non-hydrogen) atoms. The molecule has 0 saturated carbocycles. The zero-order valence-corrected chi connectivity index (χ0v) is 7.50. The first-order valence-corrected chi connectivity index (χ1v) is 3.73. The van der Waals surface area contributed by atoms with Crippen LogP contribution < -0.4 is 5.73 Å². The summed E-state index contributed by atoms with van der Waals surface area (Å²) in [6.07, 6.45) is 0. The van der Waals surface area contributed by atoms with E-state index in [1.54, 1.807) is 6.92 Å². The van der Waals surface area contributed by atoms with Gasteiger partial charge < -0.3 is 15.6 Å². The van der Waals surface area contributed by atoms with Gasteiger partial charge in [-0.05, 0) is 13.0 Å². The van der Waals surface area contributed by atoms with E-state index < -0.39 is 5.97 Å². The van der Waals surface area contributed by atoms with Crippen LogP contribution in [0.25, 0.3) is 0 Å². The first-order chi connectivity index (χ1) is 6.06. The van der Waals surface area contributed by atoms with E-state index in [0.717, 1.165) is 0 Å². The number of anilines is 1. The van der Waals surface area contributed by atoms with Crippen LogP contribution in [0.3, 0.4) is 0 Å². The van der Waals surface area contributed by atoms with Crippen molar-refractivity contribution in [1.29, 1.82) is 0 Å². The highest BCUT2D eigenvalue weighted by Crippen LogP contribution is 2.24. The van der Waals surface area contributed by atoms with Gasteiger partial charge in [-0.15, -0.1) is 0 Å². The molecule has 1 aromatic rings. The molecule has 0 spiro atoms. The molecule has 0 unspecified atom stereocenters. The Morgan fingerprint density at radius 1 is 1.54 bits per heavy atom. The highest BCUT2D eigenvalue weighted by molar-refractivity contribution is 5.92. The van der Waals surface area contributed by atoms with Gasteiger partial charge in [0.2, 0.25) is 0 Å². The van der Waals surface area contributed by atoms with Crippen molar-refractivity contribution in [3.05, 3.63) is 23.3 Å². The second-order valence-electron chi connectivity index (χ2n) is 2.70. The van der Waals surface area contributed by atoms with E-state index in [0.29, 0.717) is 16.8 Å². The number of hydrogen-bond acceptors (Lipinski definition) is 4. The fourth-order valence-electron chi connectivity index (χ4n) is 1.04. The van der Waals surface area contributed by atoms with E-state index in [1.165, 1.54) is 19.2 Å². The van der Waals surface area contributed by atoms with Gasteiger partial charge in [-0.2, -0.15) is 0 Å². The average molecular weight is 181 g/mol. The fourth-order valence-corrected chi connectivity index (χ4v) is 1.04. The summed E-state index contributed by atoms with van der Waals surface area (Å²) in [7, 11) is 1.28. The number of esters is 1. The lowest BCUT2D eigenvalue weighted by Crippen LogP contribution is -2.04. The number of nitrogen functional groups attached to an aromatic ring is 1. The Balaban J connectivity index is 3.28. The lowest BCUT2D eigenvalue weighted by Gasteiger charge is -2.06. The molecule has 0 radical (unpaired) electrons. The van der Waals surface area contributed by atoms with E-state index >= 15 is 0 Å². The Hall–Kier alpha value is -1.71. The molecule has 0 heterocycles. The number of aromatic hydroxyl groups is 1. The predicted molar refractivity (Wildman–Crippen MR) is 48.6 cm³/mol. The van der Waals surface area contributed by atoms with E-state index in [-0.39, 0.29) is 5.75 Å². The van der Waals surface area contributed by atoms with Gasteiger partial charge in [0.15, 0.2) is 0 Å². The average Bonchev–Trinajstić information content (AvgIpc) is 2.10. The van der Waals surface area contributed by atoms with Gasteiger partial charge in [0, 0.05) is 17.3 Å². The van der Waals surface area contributed by atoms with Gasteiger partial charge in [-0.3, -0.25) is 0 Å². The number of benzene rings is 1. The number of ether oxygens (including phenoxy) is 1. The molecule has 1 rings (SSSR count). The van der Waals surface area contributed by atoms with Crippen molar-refractivity contribution in [1.82, 2.24) is 0 Å². The zero-order chi connectivity index (χ0) is 10.0. The normalized spacial score (nSPS) is 9.69. The Morgan fingerprint density at radius 2 is 2.15 bits per heavy atom. The fraction of sp³-hybridized carbons (Fsp3) is 0.222. The predicted octanol–water partition coefficient (Wildman–Crippen LogP) is 1.07. The summed E-state index contributed by atoms with van der Waals surface area (Å²) in [5.74, 6) is -0.500. The zero-order valence-electron chi connectivity index (χ0n) is 7.50. The maximum Gasteiger partial charge on any atom is 0.338 e. The van der Waals surface area contributed by atoms with Crippen molar-refractivity contribution in [3.8, 4) is 5.75 Å². The molecule has 3 N–H and O–H groups in total. The number of carbonyl (C=O) groups is 1. The molecule has 1 aromatic carbocycles. The number of phenols is 1. The molecule has 0 aliphatic rings. The molecule has 0 bridgehead atoms. The Morgan fingerprint density at radius 3 is 2.69 bits per heavy atom. The van der Waals surface area contributed by atoms with Gasteiger partial charge in [-0.25, -0.2) is 4.79 Å². The molecule has 0 aliphatic heterocycles. The molecule has 0 amide bonds. The lowest BCUT2D eigenvalue weighted by atomic mass is 10.1. The number of phenolic OH excluding ortho intramolecular Hbond substituents is 1. The summed E-state index contributed by atoms with van der Waals surface area (Å²) < 4.78 is 4.52. The first kappa shape index (κ1) is 9.38. The van der Waals surface area contributed by atoms with Crippen LogP contribution in [0, 0.1) is 6.92 Å². The third kappa shape index (κ3) is 1.72. The minimum atomic E-state index is -0.500. The van der Waals surface area contributed by atoms with Crippen molar-refractivity contribution < 1.29 is 14.6 Å². The highest BCUT2D eigenvalue weighted by Gasteiger charge is 2.12. The molecular formula is C9H11NO3. The van der Waals surface area contributed by atoms with Crippen LogP contribution in [0.1, 0.15) is 15.9 Å². The Kier molecular flexibility index (Phi) is 2.41. The number of hydrogen-bond donors (Lipinski definition) is 2. The molecule has 4 heteroatoms. The largest absolute Gasteiger partial charge is 0.508 e. The summed E-state index contributed by atoms with van der Waals surface area (Å²) in [5, 5.41) is 9.34. The van der Waals surface area contributed by atoms with Gasteiger partial charge in [-0.1, -0.05) is 0 Å². The van der Waals surface area contributed by atoms with Gasteiger partial charge >= 0.3 is 5.97 Å². The van der Waals surface area contributed by atoms with Crippen molar-refractivity contribution in [2.45, 2.75) is 6.92 Å². The Bertz CT molecular complexity index is 347. The van der Waals surface area contributed by atoms with Gasteiger partial charge in [0.05, 0.1) is 12.7 Å². The third-order valence-corrected chi connectivity index (χ3v) is 1.81. The number of carbonyl (C=O) groups excluding carboxylic acids is 1. The van der Waals surface area contributed by atoms with Crippen LogP contribution in [0.5, 0.6) is 5.75 Å². The molecule has 0 aromatic heterocycles. The van der Waals surface area contributed by atoms with Crippen molar-refractivity contribution >= 4 is 11.7 Å². The maximum absolute atomic E-state index is 11.1. The number of methoxy groups -OCH3 is 1. The smallest absolute Gasteiger partial charge is 0.338 e. The summed E-state index contributed by atoms with van der Waals surface area (Å²) in [4.78, 5) is 11.1. The van der Waals surface area contributed by atoms with E-state index in [2.05, 4.69) is 4.74 Å². The molecule has 4 nitrogen and oxygen atoms in total. The van der Waals surface area contributed by atoms with Gasteiger partial charge in [0.25, 0.3) is 0 Å². The quantitative estimate of drug-likeness (QED) is 0.502. The second kappa shape index (κ2) is 3.35. The molecule has 70 valence electrons. The van der Waals surface area contributed by atoms with Crippen LogP contribution in [0.4, 0.5) is 5.69 Å². The third-order valence-electron chi connectivity index (χ3n) is 1.81. The maximum atomic E-state index is 11.1. The second-order valence-corrected chi connectivity index (χ2v) is 2.70. The summed E-state index contributed by atoms with van der Waals surface area (Å²) >= 11 is 0. The molecule has 0 atom stereocenters. The molecule has 0 aliphatic carbocycles. The van der Waals surface area contributed by atoms with Crippen LogP contribution in [-0.4, -0.2) is 18.2 Å². The molecule has 0 fully saturated rings. The Labute approximate surface area is 75.9 Å². The van der Waals surface area contributed by atoms with Gasteiger partial charge in [0.1, 0.15) is 5.75 Å². The van der Waals surface area contributed by atoms with Crippen LogP contribution in [-0.2, 0) is 4.74 Å². The van der Waals surface area contributed by atoms with E-state index in [1.807, 2.05) is 0 Å². The summed E-state index contributed by atoms with van der Waals surface area (Å²) in [5.41, 5.74) is 6.55.